The van der Waals surface area contributed by atoms with Crippen LogP contribution in [0.25, 0.3) is 0 Å². The van der Waals surface area contributed by atoms with Crippen LogP contribution < -0.4 is 5.32 Å². The number of rotatable bonds is 5. The molecule has 0 atom stereocenters. The van der Waals surface area contributed by atoms with Gasteiger partial charge in [-0.1, -0.05) is 22.0 Å². The quantitative estimate of drug-likeness (QED) is 0.670. The van der Waals surface area contributed by atoms with Crippen LogP contribution in [-0.2, 0) is 16.1 Å². The number of hydrogen-bond acceptors (Lipinski definition) is 4. The molecule has 0 radical (unpaired) electrons. The van der Waals surface area contributed by atoms with Crippen molar-refractivity contribution in [3.63, 3.8) is 0 Å². The Bertz CT molecular complexity index is 371. The molecule has 0 heterocycles. The summed E-state index contributed by atoms with van der Waals surface area (Å²) in [6, 6.07) is 6.06. The van der Waals surface area contributed by atoms with Gasteiger partial charge >= 0.3 is 5.97 Å². The van der Waals surface area contributed by atoms with Crippen molar-refractivity contribution in [1.29, 1.82) is 0 Å². The fourth-order valence-electron chi connectivity index (χ4n) is 1.15. The van der Waals surface area contributed by atoms with Gasteiger partial charge in [0.25, 0.3) is 0 Å². The SMILES string of the molecule is CNCc1ccc(SCC(=O)OC)cc1Br. The number of benzene rings is 1. The summed E-state index contributed by atoms with van der Waals surface area (Å²) in [6.07, 6.45) is 0. The summed E-state index contributed by atoms with van der Waals surface area (Å²) in [5, 5.41) is 3.09. The Balaban J connectivity index is 2.62. The second-order valence-corrected chi connectivity index (χ2v) is 5.05. The van der Waals surface area contributed by atoms with E-state index in [4.69, 9.17) is 0 Å². The minimum atomic E-state index is -0.208. The van der Waals surface area contributed by atoms with Gasteiger partial charge in [0.2, 0.25) is 0 Å². The van der Waals surface area contributed by atoms with E-state index in [9.17, 15) is 4.79 Å². The summed E-state index contributed by atoms with van der Waals surface area (Å²) in [5.74, 6) is 0.134. The lowest BCUT2D eigenvalue weighted by Gasteiger charge is -2.06. The molecule has 0 saturated carbocycles. The highest BCUT2D eigenvalue weighted by molar-refractivity contribution is 9.10. The molecule has 1 aromatic rings. The molecule has 0 unspecified atom stereocenters. The molecule has 0 aliphatic rings. The molecule has 0 aliphatic heterocycles. The summed E-state index contributed by atoms with van der Waals surface area (Å²) in [5.41, 5.74) is 1.20. The van der Waals surface area contributed by atoms with Crippen LogP contribution in [0.15, 0.2) is 27.6 Å². The number of nitrogens with one attached hydrogen (secondary N) is 1. The molecule has 0 spiro atoms. The number of carbonyl (C=O) groups is 1. The Morgan fingerprint density at radius 3 is 2.88 bits per heavy atom. The van der Waals surface area contributed by atoms with Gasteiger partial charge in [0, 0.05) is 15.9 Å². The number of ether oxygens (including phenoxy) is 1. The van der Waals surface area contributed by atoms with Crippen molar-refractivity contribution in [1.82, 2.24) is 5.32 Å². The van der Waals surface area contributed by atoms with Crippen molar-refractivity contribution >= 4 is 33.7 Å². The van der Waals surface area contributed by atoms with Crippen LogP contribution >= 0.6 is 27.7 Å². The Kier molecular flexibility index (Phi) is 5.87. The minimum Gasteiger partial charge on any atom is -0.468 e. The van der Waals surface area contributed by atoms with E-state index in [0.717, 1.165) is 15.9 Å². The van der Waals surface area contributed by atoms with Gasteiger partial charge in [0.1, 0.15) is 0 Å². The molecule has 1 rings (SSSR count). The fourth-order valence-corrected chi connectivity index (χ4v) is 2.59. The van der Waals surface area contributed by atoms with Gasteiger partial charge in [-0.15, -0.1) is 11.8 Å². The van der Waals surface area contributed by atoms with E-state index < -0.39 is 0 Å². The highest BCUT2D eigenvalue weighted by Crippen LogP contribution is 2.25. The van der Waals surface area contributed by atoms with Crippen LogP contribution in [0.2, 0.25) is 0 Å². The first-order valence-electron chi connectivity index (χ1n) is 4.80. The van der Waals surface area contributed by atoms with Crippen molar-refractivity contribution < 1.29 is 9.53 Å². The highest BCUT2D eigenvalue weighted by atomic mass is 79.9. The number of hydrogen-bond donors (Lipinski definition) is 1. The standard InChI is InChI=1S/C11H14BrNO2S/c1-13-6-8-3-4-9(5-10(8)12)16-7-11(14)15-2/h3-5,13H,6-7H2,1-2H3. The van der Waals surface area contributed by atoms with Crippen molar-refractivity contribution in [2.45, 2.75) is 11.4 Å². The minimum absolute atomic E-state index is 0.208. The predicted molar refractivity (Wildman–Crippen MR) is 69.6 cm³/mol. The molecule has 5 heteroatoms. The Morgan fingerprint density at radius 1 is 1.56 bits per heavy atom. The Morgan fingerprint density at radius 2 is 2.31 bits per heavy atom. The van der Waals surface area contributed by atoms with Crippen LogP contribution in [0.3, 0.4) is 0 Å². The molecule has 0 aromatic heterocycles. The summed E-state index contributed by atoms with van der Waals surface area (Å²) < 4.78 is 5.64. The van der Waals surface area contributed by atoms with Crippen molar-refractivity contribution in [2.24, 2.45) is 0 Å². The largest absolute Gasteiger partial charge is 0.468 e. The molecule has 88 valence electrons. The second-order valence-electron chi connectivity index (χ2n) is 3.15. The topological polar surface area (TPSA) is 38.3 Å². The molecule has 1 N–H and O–H groups in total. The van der Waals surface area contributed by atoms with E-state index in [0.29, 0.717) is 5.75 Å². The van der Waals surface area contributed by atoms with Gasteiger partial charge in [-0.25, -0.2) is 0 Å². The van der Waals surface area contributed by atoms with E-state index >= 15 is 0 Å². The monoisotopic (exact) mass is 303 g/mol. The van der Waals surface area contributed by atoms with Gasteiger partial charge in [-0.05, 0) is 24.7 Å². The summed E-state index contributed by atoms with van der Waals surface area (Å²) >= 11 is 4.97. The van der Waals surface area contributed by atoms with Crippen LogP contribution in [0.4, 0.5) is 0 Å². The average Bonchev–Trinajstić information content (AvgIpc) is 2.29. The van der Waals surface area contributed by atoms with Crippen molar-refractivity contribution in [3.8, 4) is 0 Å². The molecule has 3 nitrogen and oxygen atoms in total. The first kappa shape index (κ1) is 13.5. The van der Waals surface area contributed by atoms with E-state index in [-0.39, 0.29) is 5.97 Å². The average molecular weight is 304 g/mol. The lowest BCUT2D eigenvalue weighted by Crippen LogP contribution is -2.05. The summed E-state index contributed by atoms with van der Waals surface area (Å²) in [6.45, 7) is 0.822. The van der Waals surface area contributed by atoms with Crippen LogP contribution in [-0.4, -0.2) is 25.9 Å². The number of thioether (sulfide) groups is 1. The number of carbonyl (C=O) groups excluding carboxylic acids is 1. The zero-order valence-electron chi connectivity index (χ0n) is 9.25. The first-order chi connectivity index (χ1) is 7.67. The van der Waals surface area contributed by atoms with Crippen LogP contribution in [0, 0.1) is 0 Å². The van der Waals surface area contributed by atoms with Gasteiger partial charge in [-0.3, -0.25) is 4.79 Å². The first-order valence-corrected chi connectivity index (χ1v) is 6.58. The predicted octanol–water partition coefficient (Wildman–Crippen LogP) is 2.43. The lowest BCUT2D eigenvalue weighted by atomic mass is 10.2. The zero-order chi connectivity index (χ0) is 12.0. The molecular formula is C11H14BrNO2S. The fraction of sp³-hybridized carbons (Fsp3) is 0.364. The molecule has 0 amide bonds. The maximum absolute atomic E-state index is 11.0. The van der Waals surface area contributed by atoms with Gasteiger partial charge < -0.3 is 10.1 Å². The maximum Gasteiger partial charge on any atom is 0.315 e. The summed E-state index contributed by atoms with van der Waals surface area (Å²) in [7, 11) is 3.31. The van der Waals surface area contributed by atoms with E-state index in [2.05, 4.69) is 26.0 Å². The molecular weight excluding hydrogens is 290 g/mol. The third-order valence-corrected chi connectivity index (χ3v) is 3.68. The molecule has 0 aliphatic carbocycles. The van der Waals surface area contributed by atoms with Gasteiger partial charge in [0.05, 0.1) is 12.9 Å². The Hall–Kier alpha value is -0.520. The van der Waals surface area contributed by atoms with Crippen LogP contribution in [0.1, 0.15) is 5.56 Å². The lowest BCUT2D eigenvalue weighted by molar-refractivity contribution is -0.137. The van der Waals surface area contributed by atoms with Gasteiger partial charge in [-0.2, -0.15) is 0 Å². The zero-order valence-corrected chi connectivity index (χ0v) is 11.7. The van der Waals surface area contributed by atoms with E-state index in [1.54, 1.807) is 0 Å². The maximum atomic E-state index is 11.0. The van der Waals surface area contributed by atoms with E-state index in [1.165, 1.54) is 24.4 Å². The number of methoxy groups -OCH3 is 1. The highest BCUT2D eigenvalue weighted by Gasteiger charge is 2.04. The van der Waals surface area contributed by atoms with Gasteiger partial charge in [0.15, 0.2) is 0 Å². The molecule has 1 aromatic carbocycles. The third kappa shape index (κ3) is 4.15. The van der Waals surface area contributed by atoms with Crippen molar-refractivity contribution in [3.05, 3.63) is 28.2 Å². The molecule has 16 heavy (non-hydrogen) atoms. The Labute approximate surface area is 108 Å². The van der Waals surface area contributed by atoms with E-state index in [1.807, 2.05) is 25.2 Å². The second kappa shape index (κ2) is 6.93. The van der Waals surface area contributed by atoms with Crippen molar-refractivity contribution in [2.75, 3.05) is 19.9 Å². The smallest absolute Gasteiger partial charge is 0.315 e. The third-order valence-electron chi connectivity index (χ3n) is 1.98. The molecule has 0 fully saturated rings. The normalized spacial score (nSPS) is 10.2. The van der Waals surface area contributed by atoms with Crippen LogP contribution in [0.5, 0.6) is 0 Å². The number of halogens is 1. The molecule has 0 bridgehead atoms. The summed E-state index contributed by atoms with van der Waals surface area (Å²) in [4.78, 5) is 12.0. The number of esters is 1. The molecule has 0 saturated heterocycles.